The number of rotatable bonds is 10. The van der Waals surface area contributed by atoms with Gasteiger partial charge in [-0.25, -0.2) is 0 Å². The maximum atomic E-state index is 13.6. The highest BCUT2D eigenvalue weighted by molar-refractivity contribution is 5.95. The van der Waals surface area contributed by atoms with E-state index in [4.69, 9.17) is 9.47 Å². The van der Waals surface area contributed by atoms with Crippen molar-refractivity contribution in [1.29, 1.82) is 0 Å². The van der Waals surface area contributed by atoms with Crippen LogP contribution in [-0.4, -0.2) is 99.9 Å². The second kappa shape index (κ2) is 17.8. The third kappa shape index (κ3) is 11.9. The molecule has 4 rings (SSSR count). The van der Waals surface area contributed by atoms with Crippen molar-refractivity contribution >= 4 is 30.7 Å². The standard InChI is InChI=1S/C32H38F9N3O3.2ClH/c1-46-19-22-11-23(20-47-2)17-43(16-22)8-7-42-9-10-44(28(18-42)12-21-3-5-25(6-4-21)30(33,34)35)29(45)24-13-26(31(36,37)38)15-27(14-24)32(39,40)41;;/h3-6,13-15,22-23,28H,7-12,16-20H2,1-2H3;2*1H/t22?,23?,28-;;/m1../s1. The zero-order valence-electron chi connectivity index (χ0n) is 26.8. The van der Waals surface area contributed by atoms with Gasteiger partial charge in [0.25, 0.3) is 5.91 Å². The number of ether oxygens (including phenoxy) is 2. The molecule has 0 saturated carbocycles. The minimum Gasteiger partial charge on any atom is -0.384 e. The molecule has 2 unspecified atom stereocenters. The Kier molecular flexibility index (Phi) is 15.5. The van der Waals surface area contributed by atoms with Crippen LogP contribution in [0.2, 0.25) is 0 Å². The number of carbonyl (C=O) groups is 1. The molecule has 0 aliphatic carbocycles. The Hall–Kier alpha value is -2.30. The van der Waals surface area contributed by atoms with E-state index in [1.165, 1.54) is 17.0 Å². The fourth-order valence-corrected chi connectivity index (χ4v) is 6.51. The normalized spacial score (nSPS) is 21.2. The maximum Gasteiger partial charge on any atom is 0.416 e. The molecule has 3 atom stereocenters. The molecule has 2 fully saturated rings. The summed E-state index contributed by atoms with van der Waals surface area (Å²) in [6.45, 7) is 4.54. The van der Waals surface area contributed by atoms with Gasteiger partial charge in [0.15, 0.2) is 0 Å². The summed E-state index contributed by atoms with van der Waals surface area (Å²) in [6, 6.07) is 4.35. The number of halogens is 11. The second-order valence-corrected chi connectivity index (χ2v) is 12.3. The van der Waals surface area contributed by atoms with E-state index in [-0.39, 0.29) is 50.4 Å². The smallest absolute Gasteiger partial charge is 0.384 e. The topological polar surface area (TPSA) is 45.3 Å². The van der Waals surface area contributed by atoms with Crippen LogP contribution in [0.25, 0.3) is 0 Å². The van der Waals surface area contributed by atoms with Gasteiger partial charge in [-0.15, -0.1) is 24.8 Å². The average Bonchev–Trinajstić information content (AvgIpc) is 2.99. The fourth-order valence-electron chi connectivity index (χ4n) is 6.51. The molecule has 0 bridgehead atoms. The zero-order chi connectivity index (χ0) is 34.6. The van der Waals surface area contributed by atoms with Crippen molar-refractivity contribution in [3.8, 4) is 0 Å². The Labute approximate surface area is 291 Å². The number of methoxy groups -OCH3 is 2. The van der Waals surface area contributed by atoms with E-state index in [9.17, 15) is 44.3 Å². The van der Waals surface area contributed by atoms with Crippen molar-refractivity contribution in [2.24, 2.45) is 11.8 Å². The predicted molar refractivity (Wildman–Crippen MR) is 169 cm³/mol. The number of carbonyl (C=O) groups excluding carboxylic acids is 1. The summed E-state index contributed by atoms with van der Waals surface area (Å²) in [5.41, 5.74) is -4.41. The van der Waals surface area contributed by atoms with Crippen LogP contribution in [0, 0.1) is 11.8 Å². The summed E-state index contributed by atoms with van der Waals surface area (Å²) in [6.07, 6.45) is -13.8. The summed E-state index contributed by atoms with van der Waals surface area (Å²) in [7, 11) is 3.29. The number of nitrogens with zero attached hydrogens (tertiary/aromatic N) is 3. The molecule has 49 heavy (non-hydrogen) atoms. The van der Waals surface area contributed by atoms with Crippen LogP contribution in [0.1, 0.15) is 39.0 Å². The minimum atomic E-state index is -5.13. The van der Waals surface area contributed by atoms with Crippen LogP contribution >= 0.6 is 24.8 Å². The Morgan fingerprint density at radius 3 is 1.65 bits per heavy atom. The molecule has 278 valence electrons. The van der Waals surface area contributed by atoms with Gasteiger partial charge < -0.3 is 19.3 Å². The van der Waals surface area contributed by atoms with Crippen LogP contribution in [0.15, 0.2) is 42.5 Å². The lowest BCUT2D eigenvalue weighted by Gasteiger charge is -2.43. The Bertz CT molecular complexity index is 1300. The molecular formula is C32H40Cl2F9N3O3. The lowest BCUT2D eigenvalue weighted by Crippen LogP contribution is -2.57. The number of piperidine rings is 1. The molecule has 17 heteroatoms. The lowest BCUT2D eigenvalue weighted by molar-refractivity contribution is -0.143. The predicted octanol–water partition coefficient (Wildman–Crippen LogP) is 7.19. The maximum absolute atomic E-state index is 13.6. The van der Waals surface area contributed by atoms with Gasteiger partial charge in [-0.2, -0.15) is 39.5 Å². The van der Waals surface area contributed by atoms with Gasteiger partial charge in [0.1, 0.15) is 0 Å². The first-order valence-corrected chi connectivity index (χ1v) is 15.2. The molecule has 2 heterocycles. The summed E-state index contributed by atoms with van der Waals surface area (Å²) in [5, 5.41) is 0. The molecule has 1 amide bonds. The van der Waals surface area contributed by atoms with Crippen LogP contribution in [0.5, 0.6) is 0 Å². The molecule has 0 N–H and O–H groups in total. The molecule has 2 aliphatic rings. The quantitative estimate of drug-likeness (QED) is 0.241. The number of hydrogen-bond donors (Lipinski definition) is 0. The Balaban J connectivity index is 0.00000417. The first-order chi connectivity index (χ1) is 22.0. The zero-order valence-corrected chi connectivity index (χ0v) is 28.5. The van der Waals surface area contributed by atoms with E-state index in [0.717, 1.165) is 31.6 Å². The number of alkyl halides is 9. The van der Waals surface area contributed by atoms with Crippen molar-refractivity contribution in [1.82, 2.24) is 14.7 Å². The highest BCUT2D eigenvalue weighted by atomic mass is 35.5. The molecule has 2 aliphatic heterocycles. The summed E-state index contributed by atoms with van der Waals surface area (Å²) in [5.74, 6) is -0.395. The van der Waals surface area contributed by atoms with Gasteiger partial charge in [0.05, 0.1) is 29.9 Å². The van der Waals surface area contributed by atoms with E-state index in [0.29, 0.717) is 62.4 Å². The third-order valence-corrected chi connectivity index (χ3v) is 8.65. The van der Waals surface area contributed by atoms with Gasteiger partial charge in [-0.3, -0.25) is 9.69 Å². The van der Waals surface area contributed by atoms with Crippen molar-refractivity contribution in [2.75, 3.05) is 73.2 Å². The monoisotopic (exact) mass is 755 g/mol. The molecule has 0 spiro atoms. The van der Waals surface area contributed by atoms with Gasteiger partial charge >= 0.3 is 18.5 Å². The molecule has 6 nitrogen and oxygen atoms in total. The first kappa shape index (κ1) is 42.9. The molecule has 2 saturated heterocycles. The second-order valence-electron chi connectivity index (χ2n) is 12.3. The van der Waals surface area contributed by atoms with Crippen LogP contribution in [-0.2, 0) is 34.4 Å². The summed E-state index contributed by atoms with van der Waals surface area (Å²) < 4.78 is 131. The van der Waals surface area contributed by atoms with Crippen molar-refractivity contribution in [2.45, 2.75) is 37.4 Å². The third-order valence-electron chi connectivity index (χ3n) is 8.65. The van der Waals surface area contributed by atoms with Gasteiger partial charge in [0.2, 0.25) is 0 Å². The summed E-state index contributed by atoms with van der Waals surface area (Å²) >= 11 is 0. The van der Waals surface area contributed by atoms with E-state index >= 15 is 0 Å². The Morgan fingerprint density at radius 1 is 0.694 bits per heavy atom. The summed E-state index contributed by atoms with van der Waals surface area (Å²) in [4.78, 5) is 19.2. The van der Waals surface area contributed by atoms with E-state index in [1.807, 2.05) is 0 Å². The van der Waals surface area contributed by atoms with Crippen LogP contribution < -0.4 is 0 Å². The SMILES string of the molecule is COCC1CC(COC)CN(CCN2CCN(C(=O)c3cc(C(F)(F)F)cc(C(F)(F)F)c3)[C@H](Cc3ccc(C(F)(F)F)cc3)C2)C1.Cl.Cl. The van der Waals surface area contributed by atoms with E-state index in [2.05, 4.69) is 9.80 Å². The number of amides is 1. The largest absolute Gasteiger partial charge is 0.416 e. The molecular weight excluding hydrogens is 716 g/mol. The lowest BCUT2D eigenvalue weighted by atomic mass is 9.90. The fraction of sp³-hybridized carbons (Fsp3) is 0.594. The molecule has 0 radical (unpaired) electrons. The van der Waals surface area contributed by atoms with Gasteiger partial charge in [0, 0.05) is 71.6 Å². The number of likely N-dealkylation sites (tertiary alicyclic amines) is 1. The Morgan fingerprint density at radius 2 is 1.18 bits per heavy atom. The van der Waals surface area contributed by atoms with Gasteiger partial charge in [-0.05, 0) is 60.6 Å². The van der Waals surface area contributed by atoms with Crippen molar-refractivity contribution in [3.05, 3.63) is 70.3 Å². The first-order valence-electron chi connectivity index (χ1n) is 15.2. The van der Waals surface area contributed by atoms with Crippen LogP contribution in [0.4, 0.5) is 39.5 Å². The number of piperazine rings is 1. The van der Waals surface area contributed by atoms with Crippen molar-refractivity contribution in [3.63, 3.8) is 0 Å². The number of benzene rings is 2. The van der Waals surface area contributed by atoms with Gasteiger partial charge in [-0.1, -0.05) is 12.1 Å². The van der Waals surface area contributed by atoms with Crippen molar-refractivity contribution < 1.29 is 53.8 Å². The number of hydrogen-bond acceptors (Lipinski definition) is 5. The van der Waals surface area contributed by atoms with Crippen LogP contribution in [0.3, 0.4) is 0 Å². The highest BCUT2D eigenvalue weighted by Gasteiger charge is 2.39. The average molecular weight is 757 g/mol. The highest BCUT2D eigenvalue weighted by Crippen LogP contribution is 2.37. The molecule has 2 aromatic carbocycles. The molecule has 2 aromatic rings. The van der Waals surface area contributed by atoms with E-state index in [1.54, 1.807) is 14.2 Å². The minimum absolute atomic E-state index is 0. The molecule has 0 aromatic heterocycles. The van der Waals surface area contributed by atoms with E-state index < -0.39 is 52.7 Å².